The van der Waals surface area contributed by atoms with Crippen LogP contribution in [0.4, 0.5) is 13.2 Å². The van der Waals surface area contributed by atoms with Crippen molar-refractivity contribution in [2.75, 3.05) is 19.7 Å². The number of aliphatic hydroxyl groups is 2. The van der Waals surface area contributed by atoms with Crippen molar-refractivity contribution in [2.24, 2.45) is 0 Å². The molecule has 166 valence electrons. The normalized spacial score (nSPS) is 22.3. The number of rotatable bonds is 5. The van der Waals surface area contributed by atoms with Crippen LogP contribution < -0.4 is 4.74 Å². The number of sulfonamides is 1. The van der Waals surface area contributed by atoms with Gasteiger partial charge in [-0.1, -0.05) is 11.6 Å². The average molecular weight is 478 g/mol. The van der Waals surface area contributed by atoms with Crippen LogP contribution in [-0.4, -0.2) is 59.3 Å². The zero-order valence-corrected chi connectivity index (χ0v) is 17.1. The summed E-state index contributed by atoms with van der Waals surface area (Å²) >= 11 is 5.81. The lowest BCUT2D eigenvalue weighted by atomic mass is 10.0. The van der Waals surface area contributed by atoms with Gasteiger partial charge in [0, 0.05) is 6.54 Å². The highest BCUT2D eigenvalue weighted by Crippen LogP contribution is 2.36. The molecule has 1 aromatic heterocycles. The molecular weight excluding hydrogens is 463 g/mol. The molecule has 2 aromatic rings. The molecule has 3 rings (SSSR count). The second-order valence-electron chi connectivity index (χ2n) is 6.80. The molecule has 0 aliphatic carbocycles. The zero-order valence-electron chi connectivity index (χ0n) is 15.5. The maximum atomic E-state index is 13.0. The maximum absolute atomic E-state index is 13.0. The van der Waals surface area contributed by atoms with Crippen LogP contribution in [0.5, 0.6) is 5.75 Å². The summed E-state index contributed by atoms with van der Waals surface area (Å²) in [6, 6.07) is 6.36. The number of aromatic nitrogens is 1. The van der Waals surface area contributed by atoms with Crippen molar-refractivity contribution in [3.05, 3.63) is 52.8 Å². The smallest absolute Gasteiger partial charge is 0.416 e. The molecule has 0 spiro atoms. The molecule has 0 saturated carbocycles. The third-order valence-electron chi connectivity index (χ3n) is 4.70. The standard InChI is InChI=1S/C18H15ClF3N3O5S/c19-14-5-11(18(20,21)22)1-4-15(14)31(28,29)25-8-16(17(27,9-25)10-26)30-13-3-2-12(6-23)24-7-13/h1-5,7,16,26-27H,8-10H2/t16-,17+/m0/s1. The predicted octanol–water partition coefficient (Wildman–Crippen LogP) is 1.80. The van der Waals surface area contributed by atoms with E-state index in [9.17, 15) is 31.8 Å². The Morgan fingerprint density at radius 3 is 2.58 bits per heavy atom. The van der Waals surface area contributed by atoms with Crippen molar-refractivity contribution in [3.63, 3.8) is 0 Å². The third-order valence-corrected chi connectivity index (χ3v) is 6.99. The van der Waals surface area contributed by atoms with E-state index in [1.165, 1.54) is 18.3 Å². The second kappa shape index (κ2) is 8.25. The lowest BCUT2D eigenvalue weighted by molar-refractivity contribution is -0.137. The number of aliphatic hydroxyl groups excluding tert-OH is 1. The molecule has 2 heterocycles. The Morgan fingerprint density at radius 2 is 2.06 bits per heavy atom. The average Bonchev–Trinajstić information content (AvgIpc) is 3.05. The van der Waals surface area contributed by atoms with Gasteiger partial charge in [-0.3, -0.25) is 0 Å². The van der Waals surface area contributed by atoms with Crippen LogP contribution in [0.3, 0.4) is 0 Å². The van der Waals surface area contributed by atoms with Gasteiger partial charge in [-0.25, -0.2) is 13.4 Å². The third kappa shape index (κ3) is 4.60. The van der Waals surface area contributed by atoms with Gasteiger partial charge in [0.15, 0.2) is 0 Å². The molecule has 1 aliphatic heterocycles. The lowest BCUT2D eigenvalue weighted by Gasteiger charge is -2.26. The van der Waals surface area contributed by atoms with Crippen LogP contribution >= 0.6 is 11.6 Å². The molecule has 1 aliphatic rings. The van der Waals surface area contributed by atoms with Crippen LogP contribution in [0.25, 0.3) is 0 Å². The van der Waals surface area contributed by atoms with Gasteiger partial charge in [-0.15, -0.1) is 0 Å². The van der Waals surface area contributed by atoms with E-state index in [1.807, 2.05) is 6.07 Å². The van der Waals surface area contributed by atoms with Crippen LogP contribution in [0.2, 0.25) is 5.02 Å². The van der Waals surface area contributed by atoms with Crippen molar-refractivity contribution < 1.29 is 36.5 Å². The summed E-state index contributed by atoms with van der Waals surface area (Å²) in [5.74, 6) is 0.114. The number of β-amino-alcohol motifs (C(OH)–C–C–N with tert-alkyl or cyclic N) is 1. The molecule has 2 N–H and O–H groups in total. The van der Waals surface area contributed by atoms with E-state index in [-0.39, 0.29) is 11.4 Å². The van der Waals surface area contributed by atoms with E-state index in [0.717, 1.165) is 10.4 Å². The highest BCUT2D eigenvalue weighted by molar-refractivity contribution is 7.89. The fourth-order valence-corrected chi connectivity index (χ4v) is 5.04. The van der Waals surface area contributed by atoms with Crippen molar-refractivity contribution in [3.8, 4) is 11.8 Å². The topological polar surface area (TPSA) is 124 Å². The highest BCUT2D eigenvalue weighted by Gasteiger charge is 2.51. The Kier molecular flexibility index (Phi) is 6.18. The van der Waals surface area contributed by atoms with Crippen LogP contribution in [0, 0.1) is 11.3 Å². The van der Waals surface area contributed by atoms with Crippen molar-refractivity contribution in [1.29, 1.82) is 5.26 Å². The van der Waals surface area contributed by atoms with E-state index < -0.39 is 63.1 Å². The quantitative estimate of drug-likeness (QED) is 0.673. The molecule has 31 heavy (non-hydrogen) atoms. The molecule has 1 aromatic carbocycles. The number of nitriles is 1. The summed E-state index contributed by atoms with van der Waals surface area (Å²) in [6.45, 7) is -1.86. The minimum atomic E-state index is -4.70. The van der Waals surface area contributed by atoms with E-state index in [1.54, 1.807) is 0 Å². The Morgan fingerprint density at radius 1 is 1.35 bits per heavy atom. The Hall–Kier alpha value is -2.43. The summed E-state index contributed by atoms with van der Waals surface area (Å²) in [5.41, 5.74) is -3.00. The SMILES string of the molecule is N#Cc1ccc(O[C@H]2CN(S(=O)(=O)c3ccc(C(F)(F)F)cc3Cl)C[C@@]2(O)CO)cn1. The molecule has 13 heteroatoms. The Balaban J connectivity index is 1.88. The predicted molar refractivity (Wildman–Crippen MR) is 101 cm³/mol. The van der Waals surface area contributed by atoms with Gasteiger partial charge in [0.1, 0.15) is 34.1 Å². The minimum Gasteiger partial charge on any atom is -0.484 e. The number of hydrogen-bond donors (Lipinski definition) is 2. The number of benzene rings is 1. The first-order valence-electron chi connectivity index (χ1n) is 8.63. The summed E-state index contributed by atoms with van der Waals surface area (Å²) in [6.07, 6.45) is -4.74. The number of nitrogens with zero attached hydrogens (tertiary/aromatic N) is 3. The Bertz CT molecular complexity index is 1120. The maximum Gasteiger partial charge on any atom is 0.416 e. The molecule has 1 fully saturated rings. The van der Waals surface area contributed by atoms with Gasteiger partial charge in [0.05, 0.1) is 29.9 Å². The van der Waals surface area contributed by atoms with Gasteiger partial charge >= 0.3 is 6.18 Å². The number of pyridine rings is 1. The van der Waals surface area contributed by atoms with Gasteiger partial charge in [-0.2, -0.15) is 22.7 Å². The fourth-order valence-electron chi connectivity index (χ4n) is 3.01. The van der Waals surface area contributed by atoms with E-state index >= 15 is 0 Å². The van der Waals surface area contributed by atoms with Crippen LogP contribution in [0.1, 0.15) is 11.3 Å². The first-order valence-corrected chi connectivity index (χ1v) is 10.5. The summed E-state index contributed by atoms with van der Waals surface area (Å²) in [4.78, 5) is 3.22. The molecule has 0 amide bonds. The zero-order chi connectivity index (χ0) is 23.0. The molecule has 8 nitrogen and oxygen atoms in total. The first kappa shape index (κ1) is 23.2. The first-order chi connectivity index (χ1) is 14.4. The van der Waals surface area contributed by atoms with Gasteiger partial charge < -0.3 is 14.9 Å². The van der Waals surface area contributed by atoms with Gasteiger partial charge in [0.25, 0.3) is 0 Å². The van der Waals surface area contributed by atoms with E-state index in [4.69, 9.17) is 21.6 Å². The molecule has 0 bridgehead atoms. The second-order valence-corrected chi connectivity index (χ2v) is 9.11. The molecule has 0 radical (unpaired) electrons. The van der Waals surface area contributed by atoms with Crippen LogP contribution in [-0.2, 0) is 16.2 Å². The number of ether oxygens (including phenoxy) is 1. The molecule has 1 saturated heterocycles. The summed E-state index contributed by atoms with van der Waals surface area (Å²) in [7, 11) is -4.42. The Labute approximate surface area is 180 Å². The van der Waals surface area contributed by atoms with Gasteiger partial charge in [-0.05, 0) is 30.3 Å². The van der Waals surface area contributed by atoms with Crippen molar-refractivity contribution in [2.45, 2.75) is 22.8 Å². The largest absolute Gasteiger partial charge is 0.484 e. The van der Waals surface area contributed by atoms with E-state index in [2.05, 4.69) is 4.98 Å². The monoisotopic (exact) mass is 477 g/mol. The summed E-state index contributed by atoms with van der Waals surface area (Å²) < 4.78 is 70.8. The molecule has 2 atom stereocenters. The fraction of sp³-hybridized carbons (Fsp3) is 0.333. The van der Waals surface area contributed by atoms with Crippen molar-refractivity contribution >= 4 is 21.6 Å². The van der Waals surface area contributed by atoms with Crippen LogP contribution in [0.15, 0.2) is 41.4 Å². The summed E-state index contributed by atoms with van der Waals surface area (Å²) in [5, 5.41) is 28.5. The van der Waals surface area contributed by atoms with E-state index in [0.29, 0.717) is 12.1 Å². The minimum absolute atomic E-state index is 0.109. The highest BCUT2D eigenvalue weighted by atomic mass is 35.5. The van der Waals surface area contributed by atoms with Gasteiger partial charge in [0.2, 0.25) is 10.0 Å². The molecular formula is C18H15ClF3N3O5S. The number of hydrogen-bond acceptors (Lipinski definition) is 7. The number of alkyl halides is 3. The number of halogens is 4. The molecule has 0 unspecified atom stereocenters. The lowest BCUT2D eigenvalue weighted by Crippen LogP contribution is -2.48. The van der Waals surface area contributed by atoms with Crippen molar-refractivity contribution in [1.82, 2.24) is 9.29 Å².